The van der Waals surface area contributed by atoms with Crippen LogP contribution in [0, 0.1) is 0 Å². The maximum atomic E-state index is 12.1. The molecule has 2 rings (SSSR count). The SMILES string of the molecule is O=C(N[C@@H](CCl)c1ccccc1)C(=O)N[C@H](CCl)c1ccccc1. The first kappa shape index (κ1) is 18.3. The lowest BCUT2D eigenvalue weighted by Crippen LogP contribution is -2.43. The van der Waals surface area contributed by atoms with E-state index in [-0.39, 0.29) is 11.8 Å². The fourth-order valence-electron chi connectivity index (χ4n) is 2.24. The Hall–Kier alpha value is -2.04. The summed E-state index contributed by atoms with van der Waals surface area (Å²) in [5.41, 5.74) is 1.68. The second-order valence-corrected chi connectivity index (χ2v) is 5.80. The van der Waals surface area contributed by atoms with Crippen molar-refractivity contribution in [3.05, 3.63) is 71.8 Å². The largest absolute Gasteiger partial charge is 0.340 e. The molecule has 2 aromatic rings. The smallest absolute Gasteiger partial charge is 0.309 e. The third kappa shape index (κ3) is 4.98. The lowest BCUT2D eigenvalue weighted by atomic mass is 10.1. The minimum Gasteiger partial charge on any atom is -0.340 e. The molecule has 0 aliphatic rings. The highest BCUT2D eigenvalue weighted by molar-refractivity contribution is 6.35. The Morgan fingerprint density at radius 2 is 1.04 bits per heavy atom. The van der Waals surface area contributed by atoms with Gasteiger partial charge in [0.15, 0.2) is 0 Å². The first-order valence-corrected chi connectivity index (χ1v) is 8.55. The topological polar surface area (TPSA) is 58.2 Å². The molecule has 0 fully saturated rings. The van der Waals surface area contributed by atoms with Gasteiger partial charge in [0.1, 0.15) is 0 Å². The average molecular weight is 365 g/mol. The van der Waals surface area contributed by atoms with Gasteiger partial charge in [0.2, 0.25) is 0 Å². The van der Waals surface area contributed by atoms with Crippen LogP contribution in [0.4, 0.5) is 0 Å². The van der Waals surface area contributed by atoms with Gasteiger partial charge < -0.3 is 10.6 Å². The third-order valence-corrected chi connectivity index (χ3v) is 4.15. The second-order valence-electron chi connectivity index (χ2n) is 5.18. The Balaban J connectivity index is 1.99. The van der Waals surface area contributed by atoms with E-state index in [1.54, 1.807) is 0 Å². The number of alkyl halides is 2. The zero-order valence-corrected chi connectivity index (χ0v) is 14.4. The highest BCUT2D eigenvalue weighted by Crippen LogP contribution is 2.15. The predicted molar refractivity (Wildman–Crippen MR) is 96.1 cm³/mol. The lowest BCUT2D eigenvalue weighted by Gasteiger charge is -2.19. The lowest BCUT2D eigenvalue weighted by molar-refractivity contribution is -0.140. The summed E-state index contributed by atoms with van der Waals surface area (Å²) < 4.78 is 0. The van der Waals surface area contributed by atoms with Crippen molar-refractivity contribution in [1.82, 2.24) is 10.6 Å². The predicted octanol–water partition coefficient (Wildman–Crippen LogP) is 3.18. The van der Waals surface area contributed by atoms with Gasteiger partial charge in [0, 0.05) is 11.8 Å². The van der Waals surface area contributed by atoms with Crippen molar-refractivity contribution in [3.8, 4) is 0 Å². The van der Waals surface area contributed by atoms with Crippen LogP contribution < -0.4 is 10.6 Å². The summed E-state index contributed by atoms with van der Waals surface area (Å²) in [6.45, 7) is 0. The van der Waals surface area contributed by atoms with Crippen LogP contribution in [0.1, 0.15) is 23.2 Å². The molecule has 2 amide bonds. The number of halogens is 2. The Labute approximate surface area is 151 Å². The van der Waals surface area contributed by atoms with Crippen molar-refractivity contribution in [2.75, 3.05) is 11.8 Å². The molecule has 0 aliphatic heterocycles. The van der Waals surface area contributed by atoms with E-state index in [1.165, 1.54) is 0 Å². The molecule has 0 aliphatic carbocycles. The summed E-state index contributed by atoms with van der Waals surface area (Å²) in [7, 11) is 0. The van der Waals surface area contributed by atoms with Crippen LogP contribution in [-0.4, -0.2) is 23.6 Å². The number of carbonyl (C=O) groups excluding carboxylic acids is 2. The second kappa shape index (κ2) is 9.30. The fourth-order valence-corrected chi connectivity index (χ4v) is 2.75. The molecule has 0 radical (unpaired) electrons. The molecule has 0 spiro atoms. The van der Waals surface area contributed by atoms with Crippen LogP contribution in [0.2, 0.25) is 0 Å². The number of nitrogens with one attached hydrogen (secondary N) is 2. The molecular formula is C18H18Cl2N2O2. The molecule has 24 heavy (non-hydrogen) atoms. The van der Waals surface area contributed by atoms with E-state index in [0.29, 0.717) is 0 Å². The fraction of sp³-hybridized carbons (Fsp3) is 0.222. The van der Waals surface area contributed by atoms with Gasteiger partial charge in [-0.3, -0.25) is 9.59 Å². The molecule has 6 heteroatoms. The maximum Gasteiger partial charge on any atom is 0.309 e. The molecule has 0 bridgehead atoms. The Kier molecular flexibility index (Phi) is 7.09. The van der Waals surface area contributed by atoms with E-state index in [0.717, 1.165) is 11.1 Å². The number of amides is 2. The molecule has 0 unspecified atom stereocenters. The van der Waals surface area contributed by atoms with E-state index in [4.69, 9.17) is 23.2 Å². The number of rotatable bonds is 6. The summed E-state index contributed by atoms with van der Waals surface area (Å²) in [5.74, 6) is -1.15. The zero-order valence-electron chi connectivity index (χ0n) is 12.9. The summed E-state index contributed by atoms with van der Waals surface area (Å²) in [4.78, 5) is 24.3. The molecule has 0 saturated heterocycles. The first-order chi connectivity index (χ1) is 11.7. The maximum absolute atomic E-state index is 12.1. The van der Waals surface area contributed by atoms with E-state index < -0.39 is 23.9 Å². The van der Waals surface area contributed by atoms with Gasteiger partial charge in [-0.1, -0.05) is 60.7 Å². The van der Waals surface area contributed by atoms with Crippen molar-refractivity contribution in [2.24, 2.45) is 0 Å². The summed E-state index contributed by atoms with van der Waals surface area (Å²) in [5, 5.41) is 5.28. The first-order valence-electron chi connectivity index (χ1n) is 7.49. The van der Waals surface area contributed by atoms with E-state index in [1.807, 2.05) is 60.7 Å². The minimum atomic E-state index is -0.740. The van der Waals surface area contributed by atoms with Gasteiger partial charge in [-0.2, -0.15) is 0 Å². The minimum absolute atomic E-state index is 0.167. The Bertz CT molecular complexity index is 606. The molecule has 126 valence electrons. The van der Waals surface area contributed by atoms with Gasteiger partial charge in [0.05, 0.1) is 12.1 Å². The number of carbonyl (C=O) groups is 2. The van der Waals surface area contributed by atoms with Gasteiger partial charge in [-0.25, -0.2) is 0 Å². The highest BCUT2D eigenvalue weighted by Gasteiger charge is 2.22. The van der Waals surface area contributed by atoms with Crippen molar-refractivity contribution >= 4 is 35.0 Å². The van der Waals surface area contributed by atoms with Crippen LogP contribution >= 0.6 is 23.2 Å². The van der Waals surface area contributed by atoms with Gasteiger partial charge in [-0.15, -0.1) is 23.2 Å². The zero-order chi connectivity index (χ0) is 17.4. The van der Waals surface area contributed by atoms with Crippen molar-refractivity contribution in [3.63, 3.8) is 0 Å². The van der Waals surface area contributed by atoms with E-state index in [9.17, 15) is 9.59 Å². The van der Waals surface area contributed by atoms with E-state index in [2.05, 4.69) is 10.6 Å². The highest BCUT2D eigenvalue weighted by atomic mass is 35.5. The molecule has 2 aromatic carbocycles. The van der Waals surface area contributed by atoms with Gasteiger partial charge in [-0.05, 0) is 11.1 Å². The van der Waals surface area contributed by atoms with Gasteiger partial charge >= 0.3 is 11.8 Å². The third-order valence-electron chi connectivity index (χ3n) is 3.53. The molecule has 2 N–H and O–H groups in total. The Morgan fingerprint density at radius 1 is 0.708 bits per heavy atom. The summed E-state index contributed by atoms with van der Waals surface area (Å²) in [6.07, 6.45) is 0. The van der Waals surface area contributed by atoms with Crippen molar-refractivity contribution < 1.29 is 9.59 Å². The number of hydrogen-bond donors (Lipinski definition) is 2. The molecule has 2 atom stereocenters. The van der Waals surface area contributed by atoms with Crippen molar-refractivity contribution in [1.29, 1.82) is 0 Å². The molecule has 0 heterocycles. The molecule has 0 saturated carbocycles. The Morgan fingerprint density at radius 3 is 1.33 bits per heavy atom. The molecule has 4 nitrogen and oxygen atoms in total. The van der Waals surface area contributed by atoms with Crippen LogP contribution in [0.15, 0.2) is 60.7 Å². The van der Waals surface area contributed by atoms with Crippen LogP contribution in [-0.2, 0) is 9.59 Å². The van der Waals surface area contributed by atoms with Crippen LogP contribution in [0.3, 0.4) is 0 Å². The molecule has 0 aromatic heterocycles. The van der Waals surface area contributed by atoms with Crippen molar-refractivity contribution in [2.45, 2.75) is 12.1 Å². The number of benzene rings is 2. The standard InChI is InChI=1S/C18H18Cl2N2O2/c19-11-15(13-7-3-1-4-8-13)21-17(23)18(24)22-16(12-20)14-9-5-2-6-10-14/h1-10,15-16H,11-12H2,(H,21,23)(H,22,24)/t15-,16+. The summed E-state index contributed by atoms with van der Waals surface area (Å²) in [6, 6.07) is 17.6. The monoisotopic (exact) mass is 364 g/mol. The quantitative estimate of drug-likeness (QED) is 0.610. The van der Waals surface area contributed by atoms with Crippen LogP contribution in [0.5, 0.6) is 0 Å². The van der Waals surface area contributed by atoms with Crippen LogP contribution in [0.25, 0.3) is 0 Å². The summed E-state index contributed by atoms with van der Waals surface area (Å²) >= 11 is 11.8. The normalized spacial score (nSPS) is 12.9. The number of hydrogen-bond acceptors (Lipinski definition) is 2. The average Bonchev–Trinajstić information content (AvgIpc) is 2.65. The molecular weight excluding hydrogens is 347 g/mol. The van der Waals surface area contributed by atoms with Gasteiger partial charge in [0.25, 0.3) is 0 Å². The van der Waals surface area contributed by atoms with E-state index >= 15 is 0 Å².